The first-order valence-electron chi connectivity index (χ1n) is 5.63. The van der Waals surface area contributed by atoms with Crippen molar-refractivity contribution in [3.8, 4) is 0 Å². The van der Waals surface area contributed by atoms with Crippen molar-refractivity contribution in [1.29, 1.82) is 0 Å². The number of hydrogen-bond donors (Lipinski definition) is 0. The average Bonchev–Trinajstić information content (AvgIpc) is 2.56. The predicted octanol–water partition coefficient (Wildman–Crippen LogP) is 2.24. The molecule has 2 heterocycles. The lowest BCUT2D eigenvalue weighted by Gasteiger charge is -2.21. The maximum absolute atomic E-state index is 10.7. The number of nitrogens with zero attached hydrogens (tertiary/aromatic N) is 3. The minimum atomic E-state index is -0.385. The van der Waals surface area contributed by atoms with Crippen LogP contribution in [-0.4, -0.2) is 34.5 Å². The highest BCUT2D eigenvalue weighted by Gasteiger charge is 2.16. The molecule has 6 heteroatoms. The van der Waals surface area contributed by atoms with Gasteiger partial charge < -0.3 is 4.90 Å². The third-order valence-electron chi connectivity index (χ3n) is 2.79. The van der Waals surface area contributed by atoms with Crippen LogP contribution in [0.4, 0.5) is 11.5 Å². The third kappa shape index (κ3) is 2.88. The van der Waals surface area contributed by atoms with Gasteiger partial charge in [-0.3, -0.25) is 10.1 Å². The molecular formula is C11H15N3O2S. The maximum atomic E-state index is 10.7. The Bertz CT molecular complexity index is 417. The first-order valence-corrected chi connectivity index (χ1v) is 6.78. The Morgan fingerprint density at radius 1 is 1.41 bits per heavy atom. The Morgan fingerprint density at radius 2 is 2.24 bits per heavy atom. The van der Waals surface area contributed by atoms with E-state index in [9.17, 15) is 10.1 Å². The van der Waals surface area contributed by atoms with E-state index in [0.29, 0.717) is 5.69 Å². The molecule has 17 heavy (non-hydrogen) atoms. The van der Waals surface area contributed by atoms with Gasteiger partial charge in [0.2, 0.25) is 0 Å². The molecule has 0 amide bonds. The van der Waals surface area contributed by atoms with E-state index in [1.807, 2.05) is 11.8 Å². The minimum Gasteiger partial charge on any atom is -0.356 e. The molecule has 0 atom stereocenters. The van der Waals surface area contributed by atoms with Crippen molar-refractivity contribution < 1.29 is 4.92 Å². The second kappa shape index (κ2) is 5.35. The van der Waals surface area contributed by atoms with Crippen LogP contribution in [-0.2, 0) is 0 Å². The number of hydrogen-bond acceptors (Lipinski definition) is 5. The second-order valence-corrected chi connectivity index (χ2v) is 5.21. The van der Waals surface area contributed by atoms with Gasteiger partial charge in [0, 0.05) is 24.9 Å². The van der Waals surface area contributed by atoms with Crippen molar-refractivity contribution in [3.05, 3.63) is 27.9 Å². The van der Waals surface area contributed by atoms with Crippen LogP contribution in [0.25, 0.3) is 0 Å². The largest absolute Gasteiger partial charge is 0.356 e. The fourth-order valence-electron chi connectivity index (χ4n) is 1.88. The molecule has 0 aliphatic carbocycles. The molecule has 2 rings (SSSR count). The van der Waals surface area contributed by atoms with Crippen LogP contribution >= 0.6 is 11.8 Å². The van der Waals surface area contributed by atoms with E-state index in [-0.39, 0.29) is 10.6 Å². The standard InChI is InChI=1S/C11H15N3O2S/c1-9-10(14(15)16)3-4-11(12-9)13-5-2-7-17-8-6-13/h3-4H,2,5-8H2,1H3. The molecule has 1 saturated heterocycles. The fraction of sp³-hybridized carbons (Fsp3) is 0.545. The molecular weight excluding hydrogens is 238 g/mol. The second-order valence-electron chi connectivity index (χ2n) is 3.98. The van der Waals surface area contributed by atoms with Gasteiger partial charge in [0.15, 0.2) is 0 Å². The first-order chi connectivity index (χ1) is 8.18. The highest BCUT2D eigenvalue weighted by Crippen LogP contribution is 2.22. The highest BCUT2D eigenvalue weighted by molar-refractivity contribution is 7.99. The van der Waals surface area contributed by atoms with E-state index >= 15 is 0 Å². The molecule has 1 aliphatic rings. The first kappa shape index (κ1) is 12.2. The van der Waals surface area contributed by atoms with Crippen molar-refractivity contribution >= 4 is 23.3 Å². The quantitative estimate of drug-likeness (QED) is 0.597. The number of pyridine rings is 1. The molecule has 1 aromatic heterocycles. The maximum Gasteiger partial charge on any atom is 0.290 e. The highest BCUT2D eigenvalue weighted by atomic mass is 32.2. The van der Waals surface area contributed by atoms with E-state index in [1.54, 1.807) is 19.1 Å². The predicted molar refractivity (Wildman–Crippen MR) is 69.8 cm³/mol. The molecule has 0 saturated carbocycles. The Kier molecular flexibility index (Phi) is 3.83. The topological polar surface area (TPSA) is 59.3 Å². The summed E-state index contributed by atoms with van der Waals surface area (Å²) in [6.07, 6.45) is 1.14. The summed E-state index contributed by atoms with van der Waals surface area (Å²) in [6, 6.07) is 3.30. The molecule has 1 aromatic rings. The lowest BCUT2D eigenvalue weighted by molar-refractivity contribution is -0.385. The van der Waals surface area contributed by atoms with Gasteiger partial charge in [-0.25, -0.2) is 4.98 Å². The minimum absolute atomic E-state index is 0.0953. The lowest BCUT2D eigenvalue weighted by atomic mass is 10.3. The smallest absolute Gasteiger partial charge is 0.290 e. The zero-order valence-corrected chi connectivity index (χ0v) is 10.6. The van der Waals surface area contributed by atoms with Crippen LogP contribution in [0.2, 0.25) is 0 Å². The van der Waals surface area contributed by atoms with E-state index in [0.717, 1.165) is 31.1 Å². The van der Waals surface area contributed by atoms with Crippen LogP contribution in [0.15, 0.2) is 12.1 Å². The van der Waals surface area contributed by atoms with Crippen LogP contribution < -0.4 is 4.90 Å². The number of aryl methyl sites for hydroxylation is 1. The molecule has 0 bridgehead atoms. The molecule has 1 aliphatic heterocycles. The number of anilines is 1. The zero-order valence-electron chi connectivity index (χ0n) is 9.76. The van der Waals surface area contributed by atoms with Crippen molar-refractivity contribution in [2.75, 3.05) is 29.5 Å². The molecule has 5 nitrogen and oxygen atoms in total. The van der Waals surface area contributed by atoms with Gasteiger partial charge in [-0.05, 0) is 25.2 Å². The Labute approximate surface area is 104 Å². The average molecular weight is 253 g/mol. The molecule has 0 unspecified atom stereocenters. The summed E-state index contributed by atoms with van der Waals surface area (Å²) in [6.45, 7) is 3.64. The SMILES string of the molecule is Cc1nc(N2CCCSCC2)ccc1[N+](=O)[O-]. The molecule has 0 aromatic carbocycles. The van der Waals surface area contributed by atoms with Gasteiger partial charge in [-0.1, -0.05) is 0 Å². The van der Waals surface area contributed by atoms with Crippen molar-refractivity contribution in [2.24, 2.45) is 0 Å². The number of aromatic nitrogens is 1. The molecule has 0 N–H and O–H groups in total. The normalized spacial score (nSPS) is 16.6. The fourth-order valence-corrected chi connectivity index (χ4v) is 2.77. The van der Waals surface area contributed by atoms with Gasteiger partial charge in [0.25, 0.3) is 5.69 Å². The summed E-state index contributed by atoms with van der Waals surface area (Å²) >= 11 is 1.95. The molecule has 1 fully saturated rings. The van der Waals surface area contributed by atoms with Gasteiger partial charge in [0.1, 0.15) is 11.5 Å². The van der Waals surface area contributed by atoms with Crippen molar-refractivity contribution in [3.63, 3.8) is 0 Å². The van der Waals surface area contributed by atoms with E-state index in [1.165, 1.54) is 5.75 Å². The van der Waals surface area contributed by atoms with Gasteiger partial charge in [0.05, 0.1) is 4.92 Å². The zero-order chi connectivity index (χ0) is 12.3. The summed E-state index contributed by atoms with van der Waals surface area (Å²) in [7, 11) is 0. The van der Waals surface area contributed by atoms with Gasteiger partial charge in [-0.15, -0.1) is 0 Å². The van der Waals surface area contributed by atoms with E-state index in [2.05, 4.69) is 9.88 Å². The lowest BCUT2D eigenvalue weighted by Crippen LogP contribution is -2.26. The van der Waals surface area contributed by atoms with E-state index in [4.69, 9.17) is 0 Å². The van der Waals surface area contributed by atoms with Crippen molar-refractivity contribution in [2.45, 2.75) is 13.3 Å². The molecule has 0 spiro atoms. The number of rotatable bonds is 2. The Balaban J connectivity index is 2.21. The van der Waals surface area contributed by atoms with E-state index < -0.39 is 0 Å². The van der Waals surface area contributed by atoms with Crippen molar-refractivity contribution in [1.82, 2.24) is 4.98 Å². The summed E-state index contributed by atoms with van der Waals surface area (Å²) in [5, 5.41) is 10.7. The van der Waals surface area contributed by atoms with Crippen LogP contribution in [0, 0.1) is 17.0 Å². The van der Waals surface area contributed by atoms with Gasteiger partial charge in [-0.2, -0.15) is 11.8 Å². The summed E-state index contributed by atoms with van der Waals surface area (Å²) in [5.41, 5.74) is 0.586. The molecule has 0 radical (unpaired) electrons. The Hall–Kier alpha value is -1.30. The third-order valence-corrected chi connectivity index (χ3v) is 3.83. The Morgan fingerprint density at radius 3 is 2.94 bits per heavy atom. The monoisotopic (exact) mass is 253 g/mol. The summed E-state index contributed by atoms with van der Waals surface area (Å²) in [5.74, 6) is 3.13. The van der Waals surface area contributed by atoms with Gasteiger partial charge >= 0.3 is 0 Å². The summed E-state index contributed by atoms with van der Waals surface area (Å²) < 4.78 is 0. The van der Waals surface area contributed by atoms with Crippen LogP contribution in [0.1, 0.15) is 12.1 Å². The molecule has 92 valence electrons. The number of nitro groups is 1. The summed E-state index contributed by atoms with van der Waals surface area (Å²) in [4.78, 5) is 16.9. The number of thioether (sulfide) groups is 1. The van der Waals surface area contributed by atoms with Crippen LogP contribution in [0.5, 0.6) is 0 Å². The van der Waals surface area contributed by atoms with Crippen LogP contribution in [0.3, 0.4) is 0 Å².